The summed E-state index contributed by atoms with van der Waals surface area (Å²) in [4.78, 5) is 22.8. The number of hydrogen-bond donors (Lipinski definition) is 0. The van der Waals surface area contributed by atoms with Crippen molar-refractivity contribution in [2.75, 3.05) is 19.7 Å². The van der Waals surface area contributed by atoms with Crippen LogP contribution in [0.1, 0.15) is 18.4 Å². The van der Waals surface area contributed by atoms with E-state index < -0.39 is 0 Å². The molecule has 1 atom stereocenters. The zero-order chi connectivity index (χ0) is 14.8. The molecule has 0 N–H and O–H groups in total. The van der Waals surface area contributed by atoms with Crippen LogP contribution in [0.25, 0.3) is 0 Å². The van der Waals surface area contributed by atoms with Gasteiger partial charge in [0.05, 0.1) is 30.7 Å². The van der Waals surface area contributed by atoms with Gasteiger partial charge in [0.1, 0.15) is 0 Å². The van der Waals surface area contributed by atoms with Gasteiger partial charge in [-0.3, -0.25) is 4.99 Å². The van der Waals surface area contributed by atoms with Crippen LogP contribution in [0.5, 0.6) is 0 Å². The predicted octanol–water partition coefficient (Wildman–Crippen LogP) is 1.57. The fourth-order valence-corrected chi connectivity index (χ4v) is 3.23. The van der Waals surface area contributed by atoms with Crippen molar-refractivity contribution in [3.8, 4) is 6.07 Å². The first-order chi connectivity index (χ1) is 10.2. The number of esters is 1. The second kappa shape index (κ2) is 5.66. The van der Waals surface area contributed by atoms with E-state index in [-0.39, 0.29) is 18.4 Å². The van der Waals surface area contributed by atoms with Crippen LogP contribution in [0.2, 0.25) is 0 Å². The Balaban J connectivity index is 1.96. The Morgan fingerprint density at radius 1 is 1.67 bits per heavy atom. The molecule has 1 aromatic rings. The van der Waals surface area contributed by atoms with Gasteiger partial charge in [-0.1, -0.05) is 0 Å². The molecule has 3 rings (SSSR count). The molecule has 3 heterocycles. The Morgan fingerprint density at radius 3 is 3.19 bits per heavy atom. The Morgan fingerprint density at radius 2 is 2.52 bits per heavy atom. The lowest BCUT2D eigenvalue weighted by Gasteiger charge is -2.26. The minimum atomic E-state index is -0.335. The van der Waals surface area contributed by atoms with Gasteiger partial charge in [-0.15, -0.1) is 11.3 Å². The van der Waals surface area contributed by atoms with E-state index >= 15 is 0 Å². The number of rotatable bonds is 3. The predicted molar refractivity (Wildman–Crippen MR) is 77.6 cm³/mol. The van der Waals surface area contributed by atoms with E-state index in [0.29, 0.717) is 25.1 Å². The molecule has 1 unspecified atom stereocenters. The van der Waals surface area contributed by atoms with E-state index in [1.807, 2.05) is 10.3 Å². The molecule has 108 valence electrons. The van der Waals surface area contributed by atoms with Gasteiger partial charge in [0.15, 0.2) is 10.8 Å². The molecule has 0 bridgehead atoms. The summed E-state index contributed by atoms with van der Waals surface area (Å²) in [5.74, 6) is 0.288. The summed E-state index contributed by atoms with van der Waals surface area (Å²) in [7, 11) is 0. The van der Waals surface area contributed by atoms with Gasteiger partial charge in [0, 0.05) is 30.2 Å². The van der Waals surface area contributed by atoms with E-state index in [4.69, 9.17) is 4.74 Å². The highest BCUT2D eigenvalue weighted by atomic mass is 32.1. The van der Waals surface area contributed by atoms with E-state index in [0.717, 1.165) is 16.5 Å². The second-order valence-electron chi connectivity index (χ2n) is 4.76. The Hall–Kier alpha value is -2.20. The molecular weight excluding hydrogens is 288 g/mol. The van der Waals surface area contributed by atoms with Gasteiger partial charge in [-0.05, 0) is 6.92 Å². The van der Waals surface area contributed by atoms with E-state index in [1.54, 1.807) is 13.1 Å². The zero-order valence-electron chi connectivity index (χ0n) is 11.6. The number of carbonyl (C=O) groups is 1. The van der Waals surface area contributed by atoms with Crippen molar-refractivity contribution < 1.29 is 9.53 Å². The van der Waals surface area contributed by atoms with Gasteiger partial charge < -0.3 is 9.64 Å². The molecule has 0 spiro atoms. The van der Waals surface area contributed by atoms with Gasteiger partial charge >= 0.3 is 5.97 Å². The summed E-state index contributed by atoms with van der Waals surface area (Å²) in [5.41, 5.74) is 1.43. The molecule has 7 heteroatoms. The molecule has 1 aromatic heterocycles. The van der Waals surface area contributed by atoms with Crippen LogP contribution in [0.3, 0.4) is 0 Å². The first-order valence-corrected chi connectivity index (χ1v) is 7.63. The number of thiazole rings is 1. The molecule has 6 nitrogen and oxygen atoms in total. The van der Waals surface area contributed by atoms with Gasteiger partial charge in [-0.25, -0.2) is 9.78 Å². The fraction of sp³-hybridized carbons (Fsp3) is 0.429. The molecule has 1 fully saturated rings. The summed E-state index contributed by atoms with van der Waals surface area (Å²) in [6.45, 7) is 2.95. The minimum absolute atomic E-state index is 0.132. The molecule has 2 aliphatic heterocycles. The highest BCUT2D eigenvalue weighted by molar-refractivity contribution is 7.11. The zero-order valence-corrected chi connectivity index (χ0v) is 12.4. The third-order valence-corrected chi connectivity index (χ3v) is 4.26. The molecule has 1 saturated heterocycles. The van der Waals surface area contributed by atoms with Crippen LogP contribution in [0.15, 0.2) is 27.8 Å². The van der Waals surface area contributed by atoms with E-state index in [9.17, 15) is 10.1 Å². The quantitative estimate of drug-likeness (QED) is 0.792. The molecular formula is C14H14N4O2S. The van der Waals surface area contributed by atoms with Crippen LogP contribution in [0.4, 0.5) is 0 Å². The topological polar surface area (TPSA) is 78.6 Å². The number of ether oxygens (including phenoxy) is 1. The van der Waals surface area contributed by atoms with Crippen LogP contribution in [-0.4, -0.2) is 41.4 Å². The molecule has 2 aliphatic rings. The van der Waals surface area contributed by atoms with Gasteiger partial charge in [0.2, 0.25) is 0 Å². The Bertz CT molecular complexity index is 657. The molecule has 0 saturated carbocycles. The number of nitrogens with zero attached hydrogens (tertiary/aromatic N) is 4. The third-order valence-electron chi connectivity index (χ3n) is 3.49. The van der Waals surface area contributed by atoms with Crippen molar-refractivity contribution in [2.45, 2.75) is 13.3 Å². The lowest BCUT2D eigenvalue weighted by molar-refractivity contribution is -0.138. The number of aliphatic imine (C=N–C) groups is 1. The lowest BCUT2D eigenvalue weighted by Crippen LogP contribution is -2.34. The number of fused-ring (bicyclic) bond motifs is 1. The van der Waals surface area contributed by atoms with Crippen LogP contribution >= 0.6 is 11.3 Å². The van der Waals surface area contributed by atoms with E-state index in [1.165, 1.54) is 11.3 Å². The highest BCUT2D eigenvalue weighted by Gasteiger charge is 2.37. The van der Waals surface area contributed by atoms with Crippen molar-refractivity contribution in [2.24, 2.45) is 10.9 Å². The molecule has 0 radical (unpaired) electrons. The Labute approximate surface area is 126 Å². The normalized spacial score (nSPS) is 20.9. The minimum Gasteiger partial charge on any atom is -0.463 e. The monoisotopic (exact) mass is 302 g/mol. The summed E-state index contributed by atoms with van der Waals surface area (Å²) in [6.07, 6.45) is 2.29. The fourth-order valence-electron chi connectivity index (χ4n) is 2.57. The summed E-state index contributed by atoms with van der Waals surface area (Å²) in [6, 6.07) is 2.28. The number of allylic oxidation sites excluding steroid dienone is 1. The maximum Gasteiger partial charge on any atom is 0.337 e. The summed E-state index contributed by atoms with van der Waals surface area (Å²) in [5, 5.41) is 11.9. The summed E-state index contributed by atoms with van der Waals surface area (Å²) < 4.78 is 5.10. The number of aromatic nitrogens is 1. The SMILES string of the molecule is CCOC(=O)C1=C2CC(C#N)CN2C(c2nccs2)=NC1. The van der Waals surface area contributed by atoms with E-state index in [2.05, 4.69) is 16.0 Å². The molecule has 0 aromatic carbocycles. The largest absolute Gasteiger partial charge is 0.463 e. The average molecular weight is 302 g/mol. The lowest BCUT2D eigenvalue weighted by atomic mass is 10.1. The van der Waals surface area contributed by atoms with Crippen molar-refractivity contribution in [1.82, 2.24) is 9.88 Å². The maximum absolute atomic E-state index is 12.1. The van der Waals surface area contributed by atoms with Crippen molar-refractivity contribution in [3.63, 3.8) is 0 Å². The van der Waals surface area contributed by atoms with Gasteiger partial charge in [-0.2, -0.15) is 5.26 Å². The van der Waals surface area contributed by atoms with Crippen molar-refractivity contribution in [3.05, 3.63) is 27.9 Å². The average Bonchev–Trinajstić information content (AvgIpc) is 3.15. The first kappa shape index (κ1) is 13.8. The number of amidine groups is 1. The first-order valence-electron chi connectivity index (χ1n) is 6.75. The van der Waals surface area contributed by atoms with Gasteiger partial charge in [0.25, 0.3) is 0 Å². The van der Waals surface area contributed by atoms with Crippen LogP contribution in [-0.2, 0) is 9.53 Å². The smallest absolute Gasteiger partial charge is 0.337 e. The molecule has 0 aliphatic carbocycles. The van der Waals surface area contributed by atoms with Crippen molar-refractivity contribution in [1.29, 1.82) is 5.26 Å². The number of carbonyl (C=O) groups excluding carboxylic acids is 1. The maximum atomic E-state index is 12.1. The van der Waals surface area contributed by atoms with Crippen molar-refractivity contribution >= 4 is 23.1 Å². The third kappa shape index (κ3) is 2.43. The Kier molecular flexibility index (Phi) is 3.71. The highest BCUT2D eigenvalue weighted by Crippen LogP contribution is 2.34. The van der Waals surface area contributed by atoms with Crippen LogP contribution in [0, 0.1) is 17.2 Å². The number of nitriles is 1. The van der Waals surface area contributed by atoms with Crippen LogP contribution < -0.4 is 0 Å². The molecule has 0 amide bonds. The second-order valence-corrected chi connectivity index (χ2v) is 5.66. The summed E-state index contributed by atoms with van der Waals surface area (Å²) >= 11 is 1.50. The number of hydrogen-bond acceptors (Lipinski definition) is 7. The standard InChI is InChI=1S/C14H14N4O2S/c1-2-20-14(19)10-7-17-12(13-16-3-4-21-13)18-8-9(6-15)5-11(10)18/h3-4,9H,2,5,7-8H2,1H3. The molecule has 21 heavy (non-hydrogen) atoms.